The third-order valence-electron chi connectivity index (χ3n) is 12.4. The minimum absolute atomic E-state index is 0.182. The van der Waals surface area contributed by atoms with Crippen molar-refractivity contribution in [3.8, 4) is 5.75 Å². The molecule has 4 fully saturated rings. The third kappa shape index (κ3) is 4.79. The Morgan fingerprint density at radius 2 is 1.62 bits per heavy atom. The van der Waals surface area contributed by atoms with Crippen LogP contribution in [0.2, 0.25) is 0 Å². The molecular formula is C37H43O6S2-. The Bertz CT molecular complexity index is 1920. The fraction of sp³-hybridized carbons (Fsp3) is 0.568. The molecule has 6 nitrogen and oxygen atoms in total. The van der Waals surface area contributed by atoms with Crippen LogP contribution in [0, 0.1) is 17.8 Å². The quantitative estimate of drug-likeness (QED) is 0.189. The maximum absolute atomic E-state index is 15.2. The fourth-order valence-corrected chi connectivity index (χ4v) is 12.8. The van der Waals surface area contributed by atoms with E-state index < -0.39 is 20.2 Å². The topological polar surface area (TPSA) is 101 Å². The van der Waals surface area contributed by atoms with E-state index in [1.807, 2.05) is 19.9 Å². The molecule has 0 amide bonds. The van der Waals surface area contributed by atoms with Crippen LogP contribution in [0.3, 0.4) is 0 Å². The summed E-state index contributed by atoms with van der Waals surface area (Å²) < 4.78 is 74.2. The van der Waals surface area contributed by atoms with Gasteiger partial charge in [-0.2, -0.15) is 8.42 Å². The minimum Gasteiger partial charge on any atom is -0.744 e. The summed E-state index contributed by atoms with van der Waals surface area (Å²) in [6, 6.07) is 11.9. The molecule has 0 saturated heterocycles. The maximum Gasteiger partial charge on any atom is 0.339 e. The first-order valence-corrected chi connectivity index (χ1v) is 19.9. The van der Waals surface area contributed by atoms with Crippen LogP contribution >= 0.6 is 0 Å². The lowest BCUT2D eigenvalue weighted by molar-refractivity contribution is 0.395. The van der Waals surface area contributed by atoms with Crippen LogP contribution in [-0.2, 0) is 38.5 Å². The lowest BCUT2D eigenvalue weighted by Crippen LogP contribution is -2.28. The third-order valence-corrected chi connectivity index (χ3v) is 14.6. The molecular weight excluding hydrogens is 605 g/mol. The highest BCUT2D eigenvalue weighted by atomic mass is 32.2. The minimum atomic E-state index is -4.74. The molecule has 4 bridgehead atoms. The van der Waals surface area contributed by atoms with E-state index in [9.17, 15) is 13.0 Å². The zero-order valence-electron chi connectivity index (χ0n) is 26.3. The van der Waals surface area contributed by atoms with Gasteiger partial charge < -0.3 is 8.74 Å². The second-order valence-corrected chi connectivity index (χ2v) is 18.0. The summed E-state index contributed by atoms with van der Waals surface area (Å²) in [5, 5.41) is 2.13. The molecule has 3 aromatic carbocycles. The Kier molecular flexibility index (Phi) is 7.02. The van der Waals surface area contributed by atoms with Gasteiger partial charge in [0.1, 0.15) is 20.8 Å². The number of hydrogen-bond donors (Lipinski definition) is 0. The summed E-state index contributed by atoms with van der Waals surface area (Å²) in [5.74, 6) is 1.95. The van der Waals surface area contributed by atoms with Crippen molar-refractivity contribution in [2.24, 2.45) is 17.8 Å². The molecule has 0 radical (unpaired) electrons. The highest BCUT2D eigenvalue weighted by molar-refractivity contribution is 7.87. The smallest absolute Gasteiger partial charge is 0.339 e. The van der Waals surface area contributed by atoms with Crippen molar-refractivity contribution >= 4 is 31.0 Å². The molecule has 0 N–H and O–H groups in total. The Morgan fingerprint density at radius 3 is 2.24 bits per heavy atom. The van der Waals surface area contributed by atoms with Gasteiger partial charge in [-0.05, 0) is 152 Å². The monoisotopic (exact) mass is 647 g/mol. The summed E-state index contributed by atoms with van der Waals surface area (Å²) >= 11 is 0. The van der Waals surface area contributed by atoms with Crippen molar-refractivity contribution in [2.45, 2.75) is 124 Å². The van der Waals surface area contributed by atoms with Crippen molar-refractivity contribution < 1.29 is 25.6 Å². The average Bonchev–Trinajstić information content (AvgIpc) is 3.82. The summed E-state index contributed by atoms with van der Waals surface area (Å²) in [6.07, 6.45) is 12.2. The molecule has 240 valence electrons. The summed E-state index contributed by atoms with van der Waals surface area (Å²) in [5.41, 5.74) is 3.19. The fourth-order valence-electron chi connectivity index (χ4n) is 10.4. The van der Waals surface area contributed by atoms with Crippen molar-refractivity contribution in [1.82, 2.24) is 0 Å². The first kappa shape index (κ1) is 29.9. The maximum atomic E-state index is 15.2. The van der Waals surface area contributed by atoms with Crippen molar-refractivity contribution in [2.75, 3.05) is 0 Å². The van der Waals surface area contributed by atoms with Crippen LogP contribution < -0.4 is 4.18 Å². The molecule has 0 spiro atoms. The highest BCUT2D eigenvalue weighted by Gasteiger charge is 2.51. The second-order valence-electron chi connectivity index (χ2n) is 15.2. The molecule has 8 heteroatoms. The van der Waals surface area contributed by atoms with Gasteiger partial charge in [0.15, 0.2) is 0 Å². The second kappa shape index (κ2) is 10.5. The number of benzene rings is 3. The predicted molar refractivity (Wildman–Crippen MR) is 173 cm³/mol. The molecule has 5 aliphatic rings. The molecule has 3 atom stereocenters. The molecule has 0 aliphatic heterocycles. The molecule has 3 unspecified atom stereocenters. The van der Waals surface area contributed by atoms with E-state index in [2.05, 4.69) is 24.3 Å². The van der Waals surface area contributed by atoms with E-state index in [4.69, 9.17) is 4.18 Å². The van der Waals surface area contributed by atoms with Crippen LogP contribution in [-0.4, -0.2) is 21.4 Å². The van der Waals surface area contributed by atoms with Gasteiger partial charge in [-0.1, -0.05) is 44.5 Å². The van der Waals surface area contributed by atoms with Crippen molar-refractivity contribution in [3.63, 3.8) is 0 Å². The van der Waals surface area contributed by atoms with E-state index in [0.29, 0.717) is 52.2 Å². The first-order chi connectivity index (χ1) is 21.5. The van der Waals surface area contributed by atoms with Crippen LogP contribution in [0.25, 0.3) is 10.8 Å². The van der Waals surface area contributed by atoms with Gasteiger partial charge >= 0.3 is 10.1 Å². The largest absolute Gasteiger partial charge is 0.744 e. The number of fused-ring (bicyclic) bond motifs is 6. The highest BCUT2D eigenvalue weighted by Crippen LogP contribution is 2.61. The predicted octanol–water partition coefficient (Wildman–Crippen LogP) is 8.25. The zero-order valence-corrected chi connectivity index (χ0v) is 27.9. The zero-order chi connectivity index (χ0) is 31.3. The van der Waals surface area contributed by atoms with Gasteiger partial charge in [0.2, 0.25) is 0 Å². The van der Waals surface area contributed by atoms with Crippen molar-refractivity contribution in [1.29, 1.82) is 0 Å². The normalized spacial score (nSPS) is 29.2. The van der Waals surface area contributed by atoms with E-state index >= 15 is 8.42 Å². The molecule has 3 aromatic rings. The Labute approximate surface area is 267 Å². The van der Waals surface area contributed by atoms with Gasteiger partial charge in [-0.15, -0.1) is 0 Å². The SMILES string of the molecule is CC(C)c1cc(S(=O)(=O)[O-])c2c(c1OS(=O)(=O)c1c(C3CC4CCC3C4)cc3ccccc3c1C13CCC(CC1)C3)CCCC2. The van der Waals surface area contributed by atoms with E-state index in [-0.39, 0.29) is 27.9 Å². The standard InChI is InChI=1S/C37H44O6S2/c1-22(2)30-20-33(44(38,39)40)28-9-5-6-10-29(28)35(30)43-45(41,42)36-32(31-18-24-11-12-26(31)17-24)19-25-7-3-4-8-27(25)34(36)37-15-13-23(21-37)14-16-37/h3-4,7-8,19-20,22-24,26,31H,5-6,9-18,21H2,1-2H3,(H,38,39,40)/p-1. The van der Waals surface area contributed by atoms with Gasteiger partial charge in [-0.3, -0.25) is 0 Å². The van der Waals surface area contributed by atoms with E-state index in [1.165, 1.54) is 12.5 Å². The summed E-state index contributed by atoms with van der Waals surface area (Å²) in [6.45, 7) is 3.78. The molecule has 5 aliphatic carbocycles. The molecule has 8 rings (SSSR count). The molecule has 4 saturated carbocycles. The molecule has 0 aromatic heterocycles. The van der Waals surface area contributed by atoms with E-state index in [1.54, 1.807) is 0 Å². The van der Waals surface area contributed by atoms with Crippen LogP contribution in [0.4, 0.5) is 0 Å². The van der Waals surface area contributed by atoms with Gasteiger partial charge in [0, 0.05) is 11.1 Å². The Morgan fingerprint density at radius 1 is 0.889 bits per heavy atom. The van der Waals surface area contributed by atoms with Gasteiger partial charge in [0.25, 0.3) is 0 Å². The van der Waals surface area contributed by atoms with Crippen LogP contribution in [0.15, 0.2) is 46.2 Å². The average molecular weight is 648 g/mol. The number of hydrogen-bond acceptors (Lipinski definition) is 6. The van der Waals surface area contributed by atoms with E-state index in [0.717, 1.165) is 86.1 Å². The van der Waals surface area contributed by atoms with Crippen LogP contribution in [0.1, 0.15) is 124 Å². The number of rotatable bonds is 7. The van der Waals surface area contributed by atoms with Crippen molar-refractivity contribution in [3.05, 3.63) is 64.2 Å². The van der Waals surface area contributed by atoms with Gasteiger partial charge in [0.05, 0.1) is 4.90 Å². The lowest BCUT2D eigenvalue weighted by Gasteiger charge is -2.34. The lowest BCUT2D eigenvalue weighted by atomic mass is 9.73. The Balaban J connectivity index is 1.39. The summed E-state index contributed by atoms with van der Waals surface area (Å²) in [7, 11) is -9.09. The molecule has 0 heterocycles. The first-order valence-electron chi connectivity index (χ1n) is 17.1. The summed E-state index contributed by atoms with van der Waals surface area (Å²) in [4.78, 5) is 0.169. The Hall–Kier alpha value is -2.42. The molecule has 45 heavy (non-hydrogen) atoms. The van der Waals surface area contributed by atoms with Crippen LogP contribution in [0.5, 0.6) is 5.75 Å². The van der Waals surface area contributed by atoms with Gasteiger partial charge in [-0.25, -0.2) is 8.42 Å².